The van der Waals surface area contributed by atoms with Crippen LogP contribution in [0.3, 0.4) is 0 Å². The van der Waals surface area contributed by atoms with Crippen LogP contribution >= 0.6 is 0 Å². The van der Waals surface area contributed by atoms with Gasteiger partial charge in [0.2, 0.25) is 5.95 Å². The second-order valence-corrected chi connectivity index (χ2v) is 8.70. The number of carbonyl (C=O) groups excluding carboxylic acids is 1. The Labute approximate surface area is 213 Å². The summed E-state index contributed by atoms with van der Waals surface area (Å²) in [6.45, 7) is 1.31. The maximum Gasteiger partial charge on any atom is 0.294 e. The Morgan fingerprint density at radius 1 is 1.19 bits per heavy atom. The van der Waals surface area contributed by atoms with Crippen molar-refractivity contribution in [3.63, 3.8) is 0 Å². The molecule has 2 heterocycles. The molecule has 0 radical (unpaired) electrons. The number of nitro groups is 1. The summed E-state index contributed by atoms with van der Waals surface area (Å²) in [6, 6.07) is 12.1. The highest BCUT2D eigenvalue weighted by Gasteiger charge is 2.23. The summed E-state index contributed by atoms with van der Waals surface area (Å²) in [6.07, 6.45) is 1.53. The van der Waals surface area contributed by atoms with Crippen LogP contribution in [0.15, 0.2) is 48.7 Å². The fourth-order valence-corrected chi connectivity index (χ4v) is 4.02. The third-order valence-electron chi connectivity index (χ3n) is 5.90. The number of benzene rings is 2. The number of anilines is 3. The number of aromatic amines is 1. The summed E-state index contributed by atoms with van der Waals surface area (Å²) in [5.41, 5.74) is 8.25. The predicted octanol–water partition coefficient (Wildman–Crippen LogP) is 3.38. The fourth-order valence-electron chi connectivity index (χ4n) is 4.02. The highest BCUT2D eigenvalue weighted by Crippen LogP contribution is 2.39. The van der Waals surface area contributed by atoms with Gasteiger partial charge < -0.3 is 30.6 Å². The number of nitrogens with one attached hydrogen (secondary N) is 2. The van der Waals surface area contributed by atoms with Crippen molar-refractivity contribution in [2.24, 2.45) is 5.73 Å². The first-order valence-corrected chi connectivity index (χ1v) is 11.4. The Bertz CT molecular complexity index is 1470. The van der Waals surface area contributed by atoms with E-state index in [1.165, 1.54) is 19.4 Å². The monoisotopic (exact) mass is 504 g/mol. The number of H-pyrrole nitrogens is 1. The molecule has 0 saturated heterocycles. The van der Waals surface area contributed by atoms with Crippen LogP contribution in [-0.2, 0) is 0 Å². The smallest absolute Gasteiger partial charge is 0.294 e. The summed E-state index contributed by atoms with van der Waals surface area (Å²) in [7, 11) is 7.15. The quantitative estimate of drug-likeness (QED) is 0.218. The second kappa shape index (κ2) is 10.5. The minimum atomic E-state index is -0.620. The van der Waals surface area contributed by atoms with Gasteiger partial charge in [0.05, 0.1) is 23.4 Å². The first-order valence-electron chi connectivity index (χ1n) is 11.4. The predicted molar refractivity (Wildman–Crippen MR) is 143 cm³/mol. The number of nitro benzene ring substituents is 1. The van der Waals surface area contributed by atoms with E-state index in [4.69, 9.17) is 10.5 Å². The molecule has 0 aliphatic heterocycles. The van der Waals surface area contributed by atoms with E-state index in [1.54, 1.807) is 19.2 Å². The van der Waals surface area contributed by atoms with Crippen LogP contribution in [0.2, 0.25) is 0 Å². The largest absolute Gasteiger partial charge is 0.494 e. The molecule has 12 nitrogen and oxygen atoms in total. The summed E-state index contributed by atoms with van der Waals surface area (Å²) in [4.78, 5) is 39.3. The number of primary amides is 1. The molecule has 2 aromatic carbocycles. The van der Waals surface area contributed by atoms with Crippen LogP contribution in [0.1, 0.15) is 10.5 Å². The summed E-state index contributed by atoms with van der Waals surface area (Å²) in [5.74, 6) is -0.0682. The summed E-state index contributed by atoms with van der Waals surface area (Å²) >= 11 is 0. The Kier molecular flexibility index (Phi) is 7.20. The van der Waals surface area contributed by atoms with Gasteiger partial charge in [0, 0.05) is 54.9 Å². The van der Waals surface area contributed by atoms with Crippen molar-refractivity contribution in [2.75, 3.05) is 51.6 Å². The van der Waals surface area contributed by atoms with Gasteiger partial charge in [0.25, 0.3) is 11.6 Å². The molecule has 0 atom stereocenters. The van der Waals surface area contributed by atoms with E-state index in [1.807, 2.05) is 48.2 Å². The van der Waals surface area contributed by atoms with Crippen LogP contribution in [0.25, 0.3) is 22.2 Å². The minimum absolute atomic E-state index is 0.0895. The molecule has 192 valence electrons. The van der Waals surface area contributed by atoms with E-state index in [2.05, 4.69) is 20.3 Å². The van der Waals surface area contributed by atoms with E-state index in [0.717, 1.165) is 17.4 Å². The molecule has 12 heteroatoms. The zero-order valence-corrected chi connectivity index (χ0v) is 21.0. The fraction of sp³-hybridized carbons (Fsp3) is 0.240. The Hall–Kier alpha value is -4.71. The third kappa shape index (κ3) is 5.28. The number of amides is 1. The first-order chi connectivity index (χ1) is 17.7. The average molecular weight is 505 g/mol. The summed E-state index contributed by atoms with van der Waals surface area (Å²) < 4.78 is 5.54. The standard InChI is InChI=1S/C25H28N8O4/c1-31(2)11-12-32(3)19-14-21(37-4)18(13-20(19)33(35)36)30-25-27-10-9-17(29-25)22-15-7-5-6-8-16(15)28-23(22)24(26)34/h5-10,13-14,28H,11-12H2,1-4H3,(H2,26,34)(H,27,29,30). The number of hydrogen-bond acceptors (Lipinski definition) is 9. The van der Waals surface area contributed by atoms with E-state index in [9.17, 15) is 14.9 Å². The van der Waals surface area contributed by atoms with Gasteiger partial charge in [-0.25, -0.2) is 9.97 Å². The topological polar surface area (TPSA) is 156 Å². The number of likely N-dealkylation sites (N-methyl/N-ethyl adjacent to an activating group) is 2. The molecule has 0 aliphatic carbocycles. The van der Waals surface area contributed by atoms with Crippen molar-refractivity contribution in [3.05, 3.63) is 64.5 Å². The molecule has 0 aliphatic rings. The number of aromatic nitrogens is 3. The second-order valence-electron chi connectivity index (χ2n) is 8.70. The Morgan fingerprint density at radius 3 is 2.62 bits per heavy atom. The molecule has 1 amide bonds. The maximum absolute atomic E-state index is 12.1. The van der Waals surface area contributed by atoms with Crippen LogP contribution in [0, 0.1) is 10.1 Å². The summed E-state index contributed by atoms with van der Waals surface area (Å²) in [5, 5.41) is 15.7. The van der Waals surface area contributed by atoms with Gasteiger partial charge in [0.1, 0.15) is 17.1 Å². The molecule has 0 fully saturated rings. The number of rotatable bonds is 10. The van der Waals surface area contributed by atoms with Gasteiger partial charge in [0.15, 0.2) is 0 Å². The number of carbonyl (C=O) groups is 1. The molecule has 0 unspecified atom stereocenters. The van der Waals surface area contributed by atoms with Crippen molar-refractivity contribution in [1.82, 2.24) is 19.9 Å². The maximum atomic E-state index is 12.1. The molecule has 4 rings (SSSR count). The molecule has 37 heavy (non-hydrogen) atoms. The number of hydrogen-bond donors (Lipinski definition) is 3. The normalized spacial score (nSPS) is 11.1. The molecular formula is C25H28N8O4. The van der Waals surface area contributed by atoms with Crippen LogP contribution < -0.4 is 20.7 Å². The van der Waals surface area contributed by atoms with Gasteiger partial charge in [-0.05, 0) is 26.2 Å². The average Bonchev–Trinajstić information content (AvgIpc) is 3.27. The third-order valence-corrected chi connectivity index (χ3v) is 5.90. The van der Waals surface area contributed by atoms with Gasteiger partial charge in [-0.15, -0.1) is 0 Å². The molecule has 0 saturated carbocycles. The van der Waals surface area contributed by atoms with Crippen molar-refractivity contribution in [3.8, 4) is 17.0 Å². The molecule has 2 aromatic heterocycles. The molecule has 4 aromatic rings. The number of para-hydroxylation sites is 1. The van der Waals surface area contributed by atoms with Gasteiger partial charge >= 0.3 is 0 Å². The zero-order valence-electron chi connectivity index (χ0n) is 21.0. The highest BCUT2D eigenvalue weighted by atomic mass is 16.6. The van der Waals surface area contributed by atoms with Crippen LogP contribution in [0.5, 0.6) is 5.75 Å². The molecule has 0 spiro atoms. The van der Waals surface area contributed by atoms with Crippen molar-refractivity contribution in [1.29, 1.82) is 0 Å². The minimum Gasteiger partial charge on any atom is -0.494 e. The van der Waals surface area contributed by atoms with Crippen LogP contribution in [0.4, 0.5) is 23.0 Å². The van der Waals surface area contributed by atoms with Crippen molar-refractivity contribution in [2.45, 2.75) is 0 Å². The van der Waals surface area contributed by atoms with E-state index in [-0.39, 0.29) is 17.3 Å². The van der Waals surface area contributed by atoms with Crippen molar-refractivity contribution < 1.29 is 14.5 Å². The van der Waals surface area contributed by atoms with E-state index >= 15 is 0 Å². The van der Waals surface area contributed by atoms with Crippen LogP contribution in [-0.4, -0.2) is 72.0 Å². The highest BCUT2D eigenvalue weighted by molar-refractivity contribution is 6.08. The van der Waals surface area contributed by atoms with E-state index < -0.39 is 10.8 Å². The lowest BCUT2D eigenvalue weighted by atomic mass is 10.1. The molecule has 0 bridgehead atoms. The van der Waals surface area contributed by atoms with Gasteiger partial charge in [-0.1, -0.05) is 18.2 Å². The number of nitrogens with two attached hydrogens (primary N) is 1. The number of nitrogens with zero attached hydrogens (tertiary/aromatic N) is 5. The van der Waals surface area contributed by atoms with Gasteiger partial charge in [-0.3, -0.25) is 14.9 Å². The Morgan fingerprint density at radius 2 is 1.95 bits per heavy atom. The molecule has 4 N–H and O–H groups in total. The van der Waals surface area contributed by atoms with Crippen molar-refractivity contribution >= 4 is 39.8 Å². The lowest BCUT2D eigenvalue weighted by Gasteiger charge is -2.22. The zero-order chi connectivity index (χ0) is 26.7. The number of fused-ring (bicyclic) bond motifs is 1. The SMILES string of the molecule is COc1cc(N(C)CCN(C)C)c([N+](=O)[O-])cc1Nc1nccc(-c2c(C(N)=O)[nH]c3ccccc23)n1. The Balaban J connectivity index is 1.74. The number of ether oxygens (including phenoxy) is 1. The van der Waals surface area contributed by atoms with Gasteiger partial charge in [-0.2, -0.15) is 0 Å². The lowest BCUT2D eigenvalue weighted by Crippen LogP contribution is -2.28. The lowest BCUT2D eigenvalue weighted by molar-refractivity contribution is -0.384. The molecular weight excluding hydrogens is 476 g/mol. The number of methoxy groups -OCH3 is 1. The first kappa shape index (κ1) is 25.4. The van der Waals surface area contributed by atoms with E-state index in [0.29, 0.717) is 34.9 Å².